The van der Waals surface area contributed by atoms with Crippen LogP contribution in [0.5, 0.6) is 0 Å². The van der Waals surface area contributed by atoms with Crippen LogP contribution < -0.4 is 0 Å². The lowest BCUT2D eigenvalue weighted by atomic mass is 9.79. The molecule has 0 aliphatic heterocycles. The van der Waals surface area contributed by atoms with Gasteiger partial charge in [-0.05, 0) is 67.2 Å². The number of hydrogen-bond donors (Lipinski definition) is 0. The Hall–Kier alpha value is -1.37. The van der Waals surface area contributed by atoms with Crippen molar-refractivity contribution < 1.29 is 4.39 Å². The summed E-state index contributed by atoms with van der Waals surface area (Å²) in [6.07, 6.45) is 10.1. The molecule has 0 heterocycles. The highest BCUT2D eigenvalue weighted by molar-refractivity contribution is 5.55. The zero-order valence-electron chi connectivity index (χ0n) is 12.8. The van der Waals surface area contributed by atoms with Crippen molar-refractivity contribution in [1.29, 1.82) is 0 Å². The zero-order chi connectivity index (χ0) is 14.7. The van der Waals surface area contributed by atoms with Gasteiger partial charge in [0.25, 0.3) is 0 Å². The van der Waals surface area contributed by atoms with E-state index < -0.39 is 0 Å². The van der Waals surface area contributed by atoms with E-state index in [9.17, 15) is 4.39 Å². The van der Waals surface area contributed by atoms with Crippen molar-refractivity contribution in [3.63, 3.8) is 0 Å². The maximum Gasteiger partial charge on any atom is 0.108 e. The van der Waals surface area contributed by atoms with Crippen LogP contribution in [0.15, 0.2) is 59.0 Å². The first kappa shape index (κ1) is 15.0. The van der Waals surface area contributed by atoms with E-state index >= 15 is 0 Å². The van der Waals surface area contributed by atoms with Crippen LogP contribution in [0.4, 0.5) is 4.39 Å². The van der Waals surface area contributed by atoms with Crippen molar-refractivity contribution >= 4 is 0 Å². The first-order valence-electron chi connectivity index (χ1n) is 7.69. The first-order chi connectivity index (χ1) is 9.54. The van der Waals surface area contributed by atoms with Gasteiger partial charge in [0.15, 0.2) is 0 Å². The Morgan fingerprint density at radius 3 is 2.85 bits per heavy atom. The van der Waals surface area contributed by atoms with Crippen molar-refractivity contribution in [3.8, 4) is 0 Å². The van der Waals surface area contributed by atoms with Gasteiger partial charge in [-0.25, -0.2) is 4.39 Å². The van der Waals surface area contributed by atoms with Crippen LogP contribution in [0.3, 0.4) is 0 Å². The molecular formula is C19H25F. The normalized spacial score (nSPS) is 25.9. The molecule has 0 N–H and O–H groups in total. The smallest absolute Gasteiger partial charge is 0.108 e. The van der Waals surface area contributed by atoms with Gasteiger partial charge in [0.1, 0.15) is 5.83 Å². The third-order valence-corrected chi connectivity index (χ3v) is 4.55. The quantitative estimate of drug-likeness (QED) is 0.574. The molecule has 20 heavy (non-hydrogen) atoms. The molecule has 1 atom stereocenters. The second-order valence-corrected chi connectivity index (χ2v) is 5.92. The molecule has 1 heteroatoms. The molecular weight excluding hydrogens is 247 g/mol. The molecule has 1 unspecified atom stereocenters. The van der Waals surface area contributed by atoms with E-state index in [-0.39, 0.29) is 5.83 Å². The molecule has 0 bridgehead atoms. The predicted molar refractivity (Wildman–Crippen MR) is 85.1 cm³/mol. The number of rotatable bonds is 3. The van der Waals surface area contributed by atoms with Crippen molar-refractivity contribution in [2.75, 3.05) is 0 Å². The van der Waals surface area contributed by atoms with Crippen molar-refractivity contribution in [2.45, 2.75) is 52.4 Å². The molecule has 0 saturated heterocycles. The van der Waals surface area contributed by atoms with Crippen LogP contribution in [0, 0.1) is 5.92 Å². The van der Waals surface area contributed by atoms with Crippen molar-refractivity contribution in [1.82, 2.24) is 0 Å². The summed E-state index contributed by atoms with van der Waals surface area (Å²) in [5.41, 5.74) is 5.05. The van der Waals surface area contributed by atoms with Crippen LogP contribution in [-0.2, 0) is 0 Å². The third-order valence-electron chi connectivity index (χ3n) is 4.55. The van der Waals surface area contributed by atoms with Crippen molar-refractivity contribution in [2.24, 2.45) is 5.92 Å². The molecule has 0 amide bonds. The van der Waals surface area contributed by atoms with E-state index in [4.69, 9.17) is 0 Å². The highest BCUT2D eigenvalue weighted by atomic mass is 19.1. The SMILES string of the molecule is C=C(/C=C1/CCCC(CC)C1=C)C1=C(F)CCC=C1C. The number of hydrogen-bond acceptors (Lipinski definition) is 0. The molecule has 0 aromatic heterocycles. The Morgan fingerprint density at radius 2 is 2.20 bits per heavy atom. The zero-order valence-corrected chi connectivity index (χ0v) is 12.8. The molecule has 108 valence electrons. The second-order valence-electron chi connectivity index (χ2n) is 5.92. The molecule has 2 rings (SSSR count). The summed E-state index contributed by atoms with van der Waals surface area (Å²) >= 11 is 0. The summed E-state index contributed by atoms with van der Waals surface area (Å²) in [7, 11) is 0. The van der Waals surface area contributed by atoms with E-state index in [1.807, 2.05) is 6.92 Å². The minimum atomic E-state index is -0.0136. The minimum absolute atomic E-state index is 0.0136. The second kappa shape index (κ2) is 6.39. The van der Waals surface area contributed by atoms with E-state index in [0.29, 0.717) is 12.3 Å². The largest absolute Gasteiger partial charge is 0.211 e. The van der Waals surface area contributed by atoms with Gasteiger partial charge >= 0.3 is 0 Å². The molecule has 0 spiro atoms. The van der Waals surface area contributed by atoms with Crippen LogP contribution in [0.25, 0.3) is 0 Å². The van der Waals surface area contributed by atoms with Crippen LogP contribution >= 0.6 is 0 Å². The summed E-state index contributed by atoms with van der Waals surface area (Å²) in [4.78, 5) is 0. The maximum absolute atomic E-state index is 14.1. The van der Waals surface area contributed by atoms with Gasteiger partial charge in [0.05, 0.1) is 0 Å². The van der Waals surface area contributed by atoms with Gasteiger partial charge in [-0.15, -0.1) is 0 Å². The van der Waals surface area contributed by atoms with Gasteiger partial charge in [-0.3, -0.25) is 0 Å². The van der Waals surface area contributed by atoms with Gasteiger partial charge in [-0.1, -0.05) is 32.2 Å². The molecule has 1 saturated carbocycles. The minimum Gasteiger partial charge on any atom is -0.211 e. The Kier molecular flexibility index (Phi) is 4.80. The highest BCUT2D eigenvalue weighted by Gasteiger charge is 2.21. The fourth-order valence-electron chi connectivity index (χ4n) is 3.32. The first-order valence-corrected chi connectivity index (χ1v) is 7.69. The average molecular weight is 272 g/mol. The van der Waals surface area contributed by atoms with Gasteiger partial charge in [0, 0.05) is 12.0 Å². The Balaban J connectivity index is 2.24. The fraction of sp³-hybridized carbons (Fsp3) is 0.474. The molecule has 1 fully saturated rings. The Bertz CT molecular complexity index is 514. The Morgan fingerprint density at radius 1 is 1.45 bits per heavy atom. The van der Waals surface area contributed by atoms with Gasteiger partial charge in [0.2, 0.25) is 0 Å². The van der Waals surface area contributed by atoms with Gasteiger partial charge < -0.3 is 0 Å². The monoisotopic (exact) mass is 272 g/mol. The molecule has 2 aliphatic rings. The van der Waals surface area contributed by atoms with Gasteiger partial charge in [-0.2, -0.15) is 0 Å². The average Bonchev–Trinajstić information content (AvgIpc) is 2.41. The lowest BCUT2D eigenvalue weighted by molar-refractivity contribution is 0.489. The fourth-order valence-corrected chi connectivity index (χ4v) is 3.32. The molecule has 2 aliphatic carbocycles. The molecule has 0 aromatic carbocycles. The summed E-state index contributed by atoms with van der Waals surface area (Å²) in [5.74, 6) is 0.574. The topological polar surface area (TPSA) is 0 Å². The lowest BCUT2D eigenvalue weighted by Crippen LogP contribution is -2.11. The molecule has 0 nitrogen and oxygen atoms in total. The summed E-state index contributed by atoms with van der Waals surface area (Å²) in [6, 6.07) is 0. The van der Waals surface area contributed by atoms with E-state index in [0.717, 1.165) is 36.0 Å². The summed E-state index contributed by atoms with van der Waals surface area (Å²) < 4.78 is 14.1. The Labute approximate surface area is 122 Å². The summed E-state index contributed by atoms with van der Waals surface area (Å²) in [6.45, 7) is 12.5. The highest BCUT2D eigenvalue weighted by Crippen LogP contribution is 2.37. The molecule has 0 aromatic rings. The summed E-state index contributed by atoms with van der Waals surface area (Å²) in [5, 5.41) is 0. The third kappa shape index (κ3) is 3.03. The van der Waals surface area contributed by atoms with Crippen LogP contribution in [-0.4, -0.2) is 0 Å². The van der Waals surface area contributed by atoms with E-state index in [1.165, 1.54) is 24.0 Å². The standard InChI is InChI=1S/C19H25F/c1-5-16-9-7-10-17(15(16)4)12-14(3)19-13(2)8-6-11-18(19)20/h8,12,16H,3-7,9-11H2,1-2H3/b17-12-. The maximum atomic E-state index is 14.1. The molecule has 0 radical (unpaired) electrons. The lowest BCUT2D eigenvalue weighted by Gasteiger charge is -2.27. The number of allylic oxidation sites excluding steroid dienone is 8. The van der Waals surface area contributed by atoms with E-state index in [1.54, 1.807) is 0 Å². The number of halogens is 1. The predicted octanol–water partition coefficient (Wildman–Crippen LogP) is 6.20. The van der Waals surface area contributed by atoms with Crippen molar-refractivity contribution in [3.05, 3.63) is 59.0 Å². The van der Waals surface area contributed by atoms with E-state index in [2.05, 4.69) is 32.2 Å². The van der Waals surface area contributed by atoms with Crippen LogP contribution in [0.1, 0.15) is 52.4 Å². The van der Waals surface area contributed by atoms with Crippen LogP contribution in [0.2, 0.25) is 0 Å².